The maximum atomic E-state index is 10.4. The van der Waals surface area contributed by atoms with Crippen molar-refractivity contribution in [2.24, 2.45) is 0 Å². The second kappa shape index (κ2) is 13.1. The predicted octanol–water partition coefficient (Wildman–Crippen LogP) is 6.40. The van der Waals surface area contributed by atoms with Crippen molar-refractivity contribution >= 4 is 11.8 Å². The summed E-state index contributed by atoms with van der Waals surface area (Å²) < 4.78 is 23.6. The van der Waals surface area contributed by atoms with Crippen LogP contribution in [0.25, 0.3) is 0 Å². The summed E-state index contributed by atoms with van der Waals surface area (Å²) in [4.78, 5) is 1.57. The van der Waals surface area contributed by atoms with Gasteiger partial charge in [0.25, 0.3) is 0 Å². The van der Waals surface area contributed by atoms with Crippen LogP contribution < -0.4 is 18.9 Å². The van der Waals surface area contributed by atoms with Crippen LogP contribution in [0.5, 0.6) is 34.5 Å². The van der Waals surface area contributed by atoms with Gasteiger partial charge < -0.3 is 29.2 Å². The molecule has 2 aromatic rings. The largest absolute Gasteiger partial charge is 0.504 e. The second-order valence-corrected chi connectivity index (χ2v) is 8.06. The summed E-state index contributed by atoms with van der Waals surface area (Å²) in [5, 5.41) is 20.7. The van der Waals surface area contributed by atoms with E-state index in [9.17, 15) is 10.2 Å². The molecule has 0 aliphatic heterocycles. The molecule has 0 unspecified atom stereocenters. The molecule has 7 heteroatoms. The van der Waals surface area contributed by atoms with E-state index in [-0.39, 0.29) is 11.5 Å². The topological polar surface area (TPSA) is 77.4 Å². The van der Waals surface area contributed by atoms with Gasteiger partial charge in [0.05, 0.1) is 36.2 Å². The number of rotatable bonds is 14. The molecule has 0 heterocycles. The van der Waals surface area contributed by atoms with Gasteiger partial charge >= 0.3 is 0 Å². The highest BCUT2D eigenvalue weighted by molar-refractivity contribution is 7.99. The van der Waals surface area contributed by atoms with Crippen LogP contribution in [-0.2, 0) is 0 Å². The molecule has 0 atom stereocenters. The van der Waals surface area contributed by atoms with E-state index >= 15 is 0 Å². The summed E-state index contributed by atoms with van der Waals surface area (Å²) >= 11 is 1.42. The van der Waals surface area contributed by atoms with Crippen molar-refractivity contribution in [2.45, 2.75) is 63.2 Å². The molecule has 0 bridgehead atoms. The minimum atomic E-state index is 0.0454. The Morgan fingerprint density at radius 2 is 0.871 bits per heavy atom. The Morgan fingerprint density at radius 1 is 0.548 bits per heavy atom. The lowest BCUT2D eigenvalue weighted by Crippen LogP contribution is -2.04. The quantitative estimate of drug-likeness (QED) is 0.345. The summed E-state index contributed by atoms with van der Waals surface area (Å²) in [7, 11) is 0. The van der Waals surface area contributed by atoms with E-state index < -0.39 is 0 Å². The highest BCUT2D eigenvalue weighted by atomic mass is 32.2. The number of phenols is 2. The van der Waals surface area contributed by atoms with E-state index in [0.717, 1.165) is 35.5 Å². The normalized spacial score (nSPS) is 10.7. The number of hydrogen-bond acceptors (Lipinski definition) is 7. The fourth-order valence-electron chi connectivity index (χ4n) is 2.72. The maximum Gasteiger partial charge on any atom is 0.204 e. The van der Waals surface area contributed by atoms with Crippen LogP contribution >= 0.6 is 11.8 Å². The summed E-state index contributed by atoms with van der Waals surface area (Å²) in [5.74, 6) is 1.79. The molecule has 2 rings (SSSR count). The number of benzene rings is 2. The van der Waals surface area contributed by atoms with Crippen LogP contribution in [0.2, 0.25) is 0 Å². The van der Waals surface area contributed by atoms with Crippen LogP contribution in [0, 0.1) is 0 Å². The van der Waals surface area contributed by atoms with Gasteiger partial charge in [0.15, 0.2) is 23.0 Å². The van der Waals surface area contributed by atoms with Crippen LogP contribution in [0.4, 0.5) is 0 Å². The molecule has 0 fully saturated rings. The van der Waals surface area contributed by atoms with Crippen molar-refractivity contribution in [3.05, 3.63) is 24.3 Å². The third kappa shape index (κ3) is 6.79. The van der Waals surface area contributed by atoms with Gasteiger partial charge in [-0.3, -0.25) is 0 Å². The molecular formula is C24H34O6S. The Bertz CT molecular complexity index is 757. The van der Waals surface area contributed by atoms with E-state index in [0.29, 0.717) is 49.4 Å². The lowest BCUT2D eigenvalue weighted by atomic mass is 10.3. The van der Waals surface area contributed by atoms with Gasteiger partial charge in [-0.05, 0) is 49.9 Å². The van der Waals surface area contributed by atoms with Crippen LogP contribution in [0.15, 0.2) is 34.1 Å². The molecule has 0 aromatic heterocycles. The Labute approximate surface area is 189 Å². The first-order valence-corrected chi connectivity index (χ1v) is 11.8. The smallest absolute Gasteiger partial charge is 0.204 e. The third-order valence-corrected chi connectivity index (χ3v) is 5.22. The monoisotopic (exact) mass is 450 g/mol. The first-order valence-electron chi connectivity index (χ1n) is 11.0. The van der Waals surface area contributed by atoms with E-state index in [1.807, 2.05) is 27.7 Å². The van der Waals surface area contributed by atoms with Gasteiger partial charge in [-0.25, -0.2) is 0 Å². The number of aromatic hydroxyl groups is 2. The summed E-state index contributed by atoms with van der Waals surface area (Å²) in [5.41, 5.74) is 0. The van der Waals surface area contributed by atoms with Gasteiger partial charge in [0.2, 0.25) is 11.5 Å². The first-order chi connectivity index (χ1) is 15.1. The zero-order valence-electron chi connectivity index (χ0n) is 18.9. The molecule has 0 aliphatic rings. The van der Waals surface area contributed by atoms with Crippen molar-refractivity contribution in [1.29, 1.82) is 0 Å². The van der Waals surface area contributed by atoms with Crippen molar-refractivity contribution in [3.8, 4) is 34.5 Å². The molecule has 0 saturated heterocycles. The second-order valence-electron chi connectivity index (χ2n) is 6.98. The molecule has 0 aliphatic carbocycles. The number of ether oxygens (including phenoxy) is 4. The number of hydrogen-bond donors (Lipinski definition) is 2. The predicted molar refractivity (Wildman–Crippen MR) is 123 cm³/mol. The summed E-state index contributed by atoms with van der Waals surface area (Å²) in [6, 6.07) is 6.81. The average Bonchev–Trinajstić information content (AvgIpc) is 2.77. The fraction of sp³-hybridized carbons (Fsp3) is 0.500. The van der Waals surface area contributed by atoms with Crippen LogP contribution in [-0.4, -0.2) is 36.6 Å². The molecule has 0 spiro atoms. The zero-order valence-corrected chi connectivity index (χ0v) is 19.7. The van der Waals surface area contributed by atoms with E-state index in [1.54, 1.807) is 24.3 Å². The first kappa shape index (κ1) is 24.9. The minimum absolute atomic E-state index is 0.0454. The van der Waals surface area contributed by atoms with Gasteiger partial charge in [-0.1, -0.05) is 39.5 Å². The van der Waals surface area contributed by atoms with Crippen LogP contribution in [0.1, 0.15) is 53.4 Å². The SMILES string of the molecule is CCCOc1c(O)ccc(Sc2ccc(O)c(OCCC)c2OCCC)c1OCCC. The lowest BCUT2D eigenvalue weighted by molar-refractivity contribution is 0.252. The lowest BCUT2D eigenvalue weighted by Gasteiger charge is -2.19. The molecule has 2 aromatic carbocycles. The van der Waals surface area contributed by atoms with Crippen molar-refractivity contribution in [2.75, 3.05) is 26.4 Å². The van der Waals surface area contributed by atoms with Crippen molar-refractivity contribution in [1.82, 2.24) is 0 Å². The Morgan fingerprint density at radius 3 is 1.19 bits per heavy atom. The zero-order chi connectivity index (χ0) is 22.6. The molecule has 2 N–H and O–H groups in total. The van der Waals surface area contributed by atoms with Gasteiger partial charge in [0.1, 0.15) is 0 Å². The van der Waals surface area contributed by atoms with Gasteiger partial charge in [-0.15, -0.1) is 0 Å². The minimum Gasteiger partial charge on any atom is -0.504 e. The summed E-state index contributed by atoms with van der Waals surface area (Å²) in [6.45, 7) is 10.0. The highest BCUT2D eigenvalue weighted by Crippen LogP contribution is 2.51. The highest BCUT2D eigenvalue weighted by Gasteiger charge is 2.22. The molecule has 0 radical (unpaired) electrons. The molecule has 0 saturated carbocycles. The van der Waals surface area contributed by atoms with E-state index in [4.69, 9.17) is 18.9 Å². The Kier molecular flexibility index (Phi) is 10.5. The van der Waals surface area contributed by atoms with Gasteiger partial charge in [0, 0.05) is 0 Å². The van der Waals surface area contributed by atoms with E-state index in [2.05, 4.69) is 0 Å². The molecule has 172 valence electrons. The van der Waals surface area contributed by atoms with Gasteiger partial charge in [-0.2, -0.15) is 0 Å². The van der Waals surface area contributed by atoms with Crippen molar-refractivity contribution < 1.29 is 29.2 Å². The van der Waals surface area contributed by atoms with Crippen LogP contribution in [0.3, 0.4) is 0 Å². The Hall–Kier alpha value is -2.41. The molecule has 0 amide bonds. The fourth-order valence-corrected chi connectivity index (χ4v) is 3.71. The molecule has 31 heavy (non-hydrogen) atoms. The third-order valence-electron chi connectivity index (χ3n) is 4.13. The van der Waals surface area contributed by atoms with E-state index in [1.165, 1.54) is 11.8 Å². The summed E-state index contributed by atoms with van der Waals surface area (Å²) in [6.07, 6.45) is 3.28. The molecular weight excluding hydrogens is 416 g/mol. The Balaban J connectivity index is 2.50. The number of phenolic OH excluding ortho intramolecular Hbond substituents is 2. The maximum absolute atomic E-state index is 10.4. The standard InChI is InChI=1S/C24H34O6S/c1-5-13-27-21-17(25)9-11-19(23(21)29-15-7-3)31-20-12-10-18(26)22(28-14-6-2)24(20)30-16-8-4/h9-12,25-26H,5-8,13-16H2,1-4H3. The average molecular weight is 451 g/mol. The molecule has 6 nitrogen and oxygen atoms in total. The van der Waals surface area contributed by atoms with Crippen molar-refractivity contribution in [3.63, 3.8) is 0 Å².